The Kier molecular flexibility index (Phi) is 2.33. The largest absolute Gasteiger partial charge is 0.307 e. The van der Waals surface area contributed by atoms with E-state index in [0.717, 1.165) is 17.0 Å². The number of aryl methyl sites for hydroxylation is 2. The Bertz CT molecular complexity index is 525. The summed E-state index contributed by atoms with van der Waals surface area (Å²) in [7, 11) is 0. The zero-order valence-electron chi connectivity index (χ0n) is 8.61. The third-order valence-corrected chi connectivity index (χ3v) is 2.03. The van der Waals surface area contributed by atoms with Crippen LogP contribution in [0, 0.1) is 13.8 Å². The van der Waals surface area contributed by atoms with Gasteiger partial charge in [-0.25, -0.2) is 4.98 Å². The lowest BCUT2D eigenvalue weighted by atomic mass is 10.2. The van der Waals surface area contributed by atoms with Gasteiger partial charge in [0, 0.05) is 29.2 Å². The van der Waals surface area contributed by atoms with Crippen LogP contribution >= 0.6 is 0 Å². The van der Waals surface area contributed by atoms with E-state index in [9.17, 15) is 4.79 Å². The van der Waals surface area contributed by atoms with Gasteiger partial charge >= 0.3 is 0 Å². The highest BCUT2D eigenvalue weighted by molar-refractivity contribution is 5.55. The van der Waals surface area contributed by atoms with Crippen molar-refractivity contribution in [2.45, 2.75) is 13.8 Å². The molecule has 0 spiro atoms. The molecule has 4 nitrogen and oxygen atoms in total. The van der Waals surface area contributed by atoms with Gasteiger partial charge in [0.1, 0.15) is 5.82 Å². The second-order valence-electron chi connectivity index (χ2n) is 3.42. The maximum Gasteiger partial charge on any atom is 0.251 e. The van der Waals surface area contributed by atoms with Crippen molar-refractivity contribution in [2.75, 3.05) is 0 Å². The van der Waals surface area contributed by atoms with Crippen LogP contribution < -0.4 is 5.56 Å². The van der Waals surface area contributed by atoms with Crippen LogP contribution in [0.2, 0.25) is 0 Å². The molecule has 0 aromatic carbocycles. The average Bonchev–Trinajstić information content (AvgIpc) is 2.16. The number of H-pyrrole nitrogens is 1. The summed E-state index contributed by atoms with van der Waals surface area (Å²) in [5.74, 6) is 0.580. The molecule has 2 rings (SSSR count). The van der Waals surface area contributed by atoms with Crippen molar-refractivity contribution in [2.24, 2.45) is 0 Å². The van der Waals surface area contributed by atoms with E-state index in [2.05, 4.69) is 15.0 Å². The molecule has 15 heavy (non-hydrogen) atoms. The standard InChI is InChI=1S/C11H11N3O/c1-7-5-9(6-8(2)13-7)11-12-4-3-10(15)14-11/h3-6H,1-2H3,(H,12,14,15). The van der Waals surface area contributed by atoms with E-state index < -0.39 is 0 Å². The summed E-state index contributed by atoms with van der Waals surface area (Å²) >= 11 is 0. The Morgan fingerprint density at radius 2 is 1.87 bits per heavy atom. The molecule has 0 aliphatic rings. The van der Waals surface area contributed by atoms with Gasteiger partial charge < -0.3 is 4.98 Å². The molecule has 0 atom stereocenters. The number of hydrogen-bond acceptors (Lipinski definition) is 3. The summed E-state index contributed by atoms with van der Waals surface area (Å²) < 4.78 is 0. The zero-order valence-corrected chi connectivity index (χ0v) is 8.61. The predicted molar refractivity (Wildman–Crippen MR) is 57.6 cm³/mol. The number of hydrogen-bond donors (Lipinski definition) is 1. The zero-order chi connectivity index (χ0) is 10.8. The van der Waals surface area contributed by atoms with Crippen LogP contribution in [-0.4, -0.2) is 15.0 Å². The number of rotatable bonds is 1. The minimum atomic E-state index is -0.146. The number of nitrogens with zero attached hydrogens (tertiary/aromatic N) is 2. The van der Waals surface area contributed by atoms with E-state index in [1.807, 2.05) is 26.0 Å². The van der Waals surface area contributed by atoms with Crippen LogP contribution in [0.3, 0.4) is 0 Å². The van der Waals surface area contributed by atoms with Crippen molar-refractivity contribution >= 4 is 0 Å². The van der Waals surface area contributed by atoms with Gasteiger partial charge in [0.05, 0.1) is 0 Å². The SMILES string of the molecule is Cc1cc(-c2nccc(=O)[nH]2)cc(C)n1. The molecule has 2 heterocycles. The van der Waals surface area contributed by atoms with E-state index in [-0.39, 0.29) is 5.56 Å². The van der Waals surface area contributed by atoms with Crippen molar-refractivity contribution < 1.29 is 0 Å². The molecular weight excluding hydrogens is 190 g/mol. The third kappa shape index (κ3) is 2.10. The Labute approximate surface area is 87.0 Å². The summed E-state index contributed by atoms with van der Waals surface area (Å²) in [6, 6.07) is 5.18. The van der Waals surface area contributed by atoms with Crippen molar-refractivity contribution in [3.05, 3.63) is 46.1 Å². The van der Waals surface area contributed by atoms with Gasteiger partial charge in [0.2, 0.25) is 0 Å². The molecule has 1 N–H and O–H groups in total. The summed E-state index contributed by atoms with van der Waals surface area (Å²) in [4.78, 5) is 22.2. The first-order chi connectivity index (χ1) is 7.15. The summed E-state index contributed by atoms with van der Waals surface area (Å²) in [6.07, 6.45) is 1.50. The Hall–Kier alpha value is -1.97. The van der Waals surface area contributed by atoms with E-state index in [4.69, 9.17) is 0 Å². The van der Waals surface area contributed by atoms with Crippen molar-refractivity contribution in [1.82, 2.24) is 15.0 Å². The smallest absolute Gasteiger partial charge is 0.251 e. The Morgan fingerprint density at radius 3 is 2.47 bits per heavy atom. The molecule has 0 aliphatic carbocycles. The maximum atomic E-state index is 11.1. The first-order valence-electron chi connectivity index (χ1n) is 4.66. The molecular formula is C11H11N3O. The van der Waals surface area contributed by atoms with Crippen LogP contribution in [0.5, 0.6) is 0 Å². The lowest BCUT2D eigenvalue weighted by Crippen LogP contribution is -2.06. The fourth-order valence-electron chi connectivity index (χ4n) is 1.49. The van der Waals surface area contributed by atoms with Crippen LogP contribution in [0.4, 0.5) is 0 Å². The van der Waals surface area contributed by atoms with Crippen LogP contribution in [0.1, 0.15) is 11.4 Å². The van der Waals surface area contributed by atoms with Crippen molar-refractivity contribution in [3.8, 4) is 11.4 Å². The van der Waals surface area contributed by atoms with Crippen LogP contribution in [0.25, 0.3) is 11.4 Å². The van der Waals surface area contributed by atoms with Gasteiger partial charge in [-0.15, -0.1) is 0 Å². The number of nitrogens with one attached hydrogen (secondary N) is 1. The number of aromatic amines is 1. The van der Waals surface area contributed by atoms with Crippen molar-refractivity contribution in [3.63, 3.8) is 0 Å². The molecule has 0 bridgehead atoms. The van der Waals surface area contributed by atoms with Gasteiger partial charge in [-0.2, -0.15) is 0 Å². The lowest BCUT2D eigenvalue weighted by Gasteiger charge is -2.02. The fourth-order valence-corrected chi connectivity index (χ4v) is 1.49. The normalized spacial score (nSPS) is 10.3. The molecule has 0 radical (unpaired) electrons. The molecule has 2 aromatic rings. The number of aromatic nitrogens is 3. The molecule has 0 unspecified atom stereocenters. The van der Waals surface area contributed by atoms with E-state index >= 15 is 0 Å². The highest BCUT2D eigenvalue weighted by atomic mass is 16.1. The second-order valence-corrected chi connectivity index (χ2v) is 3.42. The topological polar surface area (TPSA) is 58.6 Å². The minimum absolute atomic E-state index is 0.146. The fraction of sp³-hybridized carbons (Fsp3) is 0.182. The number of pyridine rings is 1. The molecule has 76 valence electrons. The second kappa shape index (κ2) is 3.65. The minimum Gasteiger partial charge on any atom is -0.307 e. The molecule has 0 amide bonds. The van der Waals surface area contributed by atoms with Gasteiger partial charge in [0.25, 0.3) is 5.56 Å². The van der Waals surface area contributed by atoms with E-state index in [0.29, 0.717) is 5.82 Å². The Morgan fingerprint density at radius 1 is 1.20 bits per heavy atom. The summed E-state index contributed by atoms with van der Waals surface area (Å²) in [5, 5.41) is 0. The molecule has 4 heteroatoms. The molecule has 0 saturated heterocycles. The highest BCUT2D eigenvalue weighted by Crippen LogP contribution is 2.14. The molecule has 2 aromatic heterocycles. The molecule has 0 aliphatic heterocycles. The van der Waals surface area contributed by atoms with Gasteiger partial charge in [-0.1, -0.05) is 0 Å². The van der Waals surface area contributed by atoms with Gasteiger partial charge in [-0.05, 0) is 26.0 Å². The van der Waals surface area contributed by atoms with E-state index in [1.165, 1.54) is 12.3 Å². The van der Waals surface area contributed by atoms with Crippen LogP contribution in [0.15, 0.2) is 29.2 Å². The first-order valence-corrected chi connectivity index (χ1v) is 4.66. The van der Waals surface area contributed by atoms with E-state index in [1.54, 1.807) is 0 Å². The quantitative estimate of drug-likeness (QED) is 0.759. The highest BCUT2D eigenvalue weighted by Gasteiger charge is 2.02. The average molecular weight is 201 g/mol. The lowest BCUT2D eigenvalue weighted by molar-refractivity contribution is 1.09. The maximum absolute atomic E-state index is 11.1. The first kappa shape index (κ1) is 9.58. The van der Waals surface area contributed by atoms with Gasteiger partial charge in [-0.3, -0.25) is 9.78 Å². The van der Waals surface area contributed by atoms with Gasteiger partial charge in [0.15, 0.2) is 0 Å². The summed E-state index contributed by atoms with van der Waals surface area (Å²) in [6.45, 7) is 3.83. The third-order valence-electron chi connectivity index (χ3n) is 2.03. The molecule has 0 saturated carbocycles. The monoisotopic (exact) mass is 201 g/mol. The predicted octanol–water partition coefficient (Wildman–Crippen LogP) is 1.45. The van der Waals surface area contributed by atoms with Crippen LogP contribution in [-0.2, 0) is 0 Å². The molecule has 0 fully saturated rings. The summed E-state index contributed by atoms with van der Waals surface area (Å²) in [5.41, 5.74) is 2.57. The van der Waals surface area contributed by atoms with Crippen molar-refractivity contribution in [1.29, 1.82) is 0 Å². The Balaban J connectivity index is 2.58.